The van der Waals surface area contributed by atoms with Crippen LogP contribution >= 0.6 is 35.6 Å². The zero-order valence-corrected chi connectivity index (χ0v) is 15.9. The van der Waals surface area contributed by atoms with Crippen LogP contribution in [0.25, 0.3) is 0 Å². The molecular formula is C14H20ClIN6. The fourth-order valence-electron chi connectivity index (χ4n) is 1.97. The lowest BCUT2D eigenvalue weighted by atomic mass is 10.2. The Morgan fingerprint density at radius 3 is 2.73 bits per heavy atom. The van der Waals surface area contributed by atoms with Crippen LogP contribution in [0, 0.1) is 0 Å². The molecule has 0 radical (unpaired) electrons. The van der Waals surface area contributed by atoms with E-state index in [4.69, 9.17) is 11.6 Å². The van der Waals surface area contributed by atoms with Gasteiger partial charge in [0.2, 0.25) is 0 Å². The minimum Gasteiger partial charge on any atom is -0.349 e. The van der Waals surface area contributed by atoms with Crippen molar-refractivity contribution >= 4 is 41.5 Å². The first-order valence-corrected chi connectivity index (χ1v) is 6.97. The summed E-state index contributed by atoms with van der Waals surface area (Å²) in [5.74, 6) is 1.63. The highest BCUT2D eigenvalue weighted by atomic mass is 127. The van der Waals surface area contributed by atoms with E-state index < -0.39 is 0 Å². The van der Waals surface area contributed by atoms with Crippen molar-refractivity contribution in [2.45, 2.75) is 13.1 Å². The normalized spacial score (nSPS) is 11.0. The summed E-state index contributed by atoms with van der Waals surface area (Å²) in [6.45, 7) is 1.24. The van der Waals surface area contributed by atoms with Gasteiger partial charge >= 0.3 is 0 Å². The van der Waals surface area contributed by atoms with Crippen LogP contribution in [-0.4, -0.2) is 39.7 Å². The Morgan fingerprint density at radius 1 is 1.41 bits per heavy atom. The number of benzene rings is 1. The maximum atomic E-state index is 6.19. The number of rotatable bonds is 4. The average molecular weight is 435 g/mol. The monoisotopic (exact) mass is 434 g/mol. The number of halogens is 2. The minimum atomic E-state index is 0. The molecule has 0 atom stereocenters. The largest absolute Gasteiger partial charge is 0.349 e. The second-order valence-corrected chi connectivity index (χ2v) is 5.11. The molecule has 0 saturated heterocycles. The standard InChI is InChI=1S/C14H19ClN6.HI/c1-16-14(17-8-13-19-18-10-21(13)3)20(2)9-11-6-4-5-7-12(11)15;/h4-7,10H,8-9H2,1-3H3,(H,16,17);1H. The molecule has 1 N–H and O–H groups in total. The smallest absolute Gasteiger partial charge is 0.194 e. The number of nitrogens with zero attached hydrogens (tertiary/aromatic N) is 5. The molecule has 2 rings (SSSR count). The van der Waals surface area contributed by atoms with Gasteiger partial charge in [-0.25, -0.2) is 0 Å². The maximum Gasteiger partial charge on any atom is 0.194 e. The molecular weight excluding hydrogens is 415 g/mol. The topological polar surface area (TPSA) is 58.3 Å². The Hall–Kier alpha value is -1.35. The van der Waals surface area contributed by atoms with Crippen LogP contribution in [0.5, 0.6) is 0 Å². The van der Waals surface area contributed by atoms with E-state index >= 15 is 0 Å². The summed E-state index contributed by atoms with van der Waals surface area (Å²) in [5, 5.41) is 11.9. The van der Waals surface area contributed by atoms with Crippen LogP contribution in [0.1, 0.15) is 11.4 Å². The van der Waals surface area contributed by atoms with Crippen molar-refractivity contribution in [1.29, 1.82) is 0 Å². The van der Waals surface area contributed by atoms with Gasteiger partial charge in [-0.15, -0.1) is 34.2 Å². The molecule has 0 saturated carbocycles. The van der Waals surface area contributed by atoms with Crippen LogP contribution < -0.4 is 5.32 Å². The van der Waals surface area contributed by atoms with E-state index in [1.807, 2.05) is 47.8 Å². The molecule has 120 valence electrons. The summed E-state index contributed by atoms with van der Waals surface area (Å²) in [5.41, 5.74) is 1.06. The third-order valence-electron chi connectivity index (χ3n) is 3.15. The summed E-state index contributed by atoms with van der Waals surface area (Å²) in [4.78, 5) is 6.29. The summed E-state index contributed by atoms with van der Waals surface area (Å²) in [7, 11) is 5.63. The third kappa shape index (κ3) is 4.84. The van der Waals surface area contributed by atoms with E-state index in [2.05, 4.69) is 20.5 Å². The molecule has 1 heterocycles. The van der Waals surface area contributed by atoms with Gasteiger partial charge in [-0.3, -0.25) is 4.99 Å². The van der Waals surface area contributed by atoms with Gasteiger partial charge in [0.1, 0.15) is 6.33 Å². The second kappa shape index (κ2) is 8.94. The highest BCUT2D eigenvalue weighted by molar-refractivity contribution is 14.0. The highest BCUT2D eigenvalue weighted by Gasteiger charge is 2.09. The first-order valence-electron chi connectivity index (χ1n) is 6.60. The predicted octanol–water partition coefficient (Wildman–Crippen LogP) is 2.29. The first-order chi connectivity index (χ1) is 10.1. The lowest BCUT2D eigenvalue weighted by Crippen LogP contribution is -2.38. The molecule has 8 heteroatoms. The van der Waals surface area contributed by atoms with Crippen LogP contribution in [0.3, 0.4) is 0 Å². The molecule has 0 spiro atoms. The molecule has 0 aliphatic rings. The zero-order valence-electron chi connectivity index (χ0n) is 12.8. The Kier molecular flexibility index (Phi) is 7.60. The first kappa shape index (κ1) is 18.7. The zero-order chi connectivity index (χ0) is 15.2. The summed E-state index contributed by atoms with van der Waals surface area (Å²) in [6.07, 6.45) is 1.67. The SMILES string of the molecule is CN=C(NCc1nncn1C)N(C)Cc1ccccc1Cl.I. The van der Waals surface area contributed by atoms with Gasteiger partial charge in [0.15, 0.2) is 11.8 Å². The number of hydrogen-bond donors (Lipinski definition) is 1. The van der Waals surface area contributed by atoms with Crippen molar-refractivity contribution < 1.29 is 0 Å². The van der Waals surface area contributed by atoms with E-state index in [-0.39, 0.29) is 24.0 Å². The van der Waals surface area contributed by atoms with E-state index in [0.717, 1.165) is 22.4 Å². The van der Waals surface area contributed by atoms with E-state index in [9.17, 15) is 0 Å². The fourth-order valence-corrected chi connectivity index (χ4v) is 2.16. The Labute approximate surface area is 152 Å². The van der Waals surface area contributed by atoms with Gasteiger partial charge in [-0.2, -0.15) is 0 Å². The number of hydrogen-bond acceptors (Lipinski definition) is 3. The van der Waals surface area contributed by atoms with Crippen LogP contribution in [0.2, 0.25) is 5.02 Å². The van der Waals surface area contributed by atoms with Crippen molar-refractivity contribution in [3.8, 4) is 0 Å². The van der Waals surface area contributed by atoms with Crippen LogP contribution in [-0.2, 0) is 20.1 Å². The summed E-state index contributed by atoms with van der Waals surface area (Å²) < 4.78 is 1.87. The number of nitrogens with one attached hydrogen (secondary N) is 1. The molecule has 1 aromatic heterocycles. The van der Waals surface area contributed by atoms with E-state index in [1.165, 1.54) is 0 Å². The second-order valence-electron chi connectivity index (χ2n) is 4.71. The molecule has 22 heavy (non-hydrogen) atoms. The lowest BCUT2D eigenvalue weighted by Gasteiger charge is -2.22. The molecule has 0 amide bonds. The van der Waals surface area contributed by atoms with Crippen molar-refractivity contribution in [2.24, 2.45) is 12.0 Å². The van der Waals surface area contributed by atoms with E-state index in [0.29, 0.717) is 13.1 Å². The summed E-state index contributed by atoms with van der Waals surface area (Å²) >= 11 is 6.19. The van der Waals surface area contributed by atoms with E-state index in [1.54, 1.807) is 13.4 Å². The number of guanidine groups is 1. The van der Waals surface area contributed by atoms with Crippen LogP contribution in [0.15, 0.2) is 35.6 Å². The van der Waals surface area contributed by atoms with Crippen molar-refractivity contribution in [1.82, 2.24) is 25.0 Å². The number of aliphatic imine (C=N–C) groups is 1. The van der Waals surface area contributed by atoms with Gasteiger partial charge in [0.25, 0.3) is 0 Å². The molecule has 2 aromatic rings. The minimum absolute atomic E-state index is 0. The summed E-state index contributed by atoms with van der Waals surface area (Å²) in [6, 6.07) is 7.80. The van der Waals surface area contributed by atoms with Crippen LogP contribution in [0.4, 0.5) is 0 Å². The maximum absolute atomic E-state index is 6.19. The molecule has 6 nitrogen and oxygen atoms in total. The number of aryl methyl sites for hydroxylation is 1. The van der Waals surface area contributed by atoms with Gasteiger partial charge in [0, 0.05) is 32.7 Å². The molecule has 0 unspecified atom stereocenters. The molecule has 1 aromatic carbocycles. The fraction of sp³-hybridized carbons (Fsp3) is 0.357. The van der Waals surface area contributed by atoms with Crippen molar-refractivity contribution in [2.75, 3.05) is 14.1 Å². The molecule has 0 aliphatic heterocycles. The Morgan fingerprint density at radius 2 is 2.14 bits per heavy atom. The van der Waals surface area contributed by atoms with Crippen molar-refractivity contribution in [3.63, 3.8) is 0 Å². The third-order valence-corrected chi connectivity index (χ3v) is 3.52. The van der Waals surface area contributed by atoms with Crippen molar-refractivity contribution in [3.05, 3.63) is 47.0 Å². The molecule has 0 aliphatic carbocycles. The Bertz CT molecular complexity index is 627. The number of aromatic nitrogens is 3. The molecule has 0 bridgehead atoms. The van der Waals surface area contributed by atoms with Gasteiger partial charge in [-0.1, -0.05) is 29.8 Å². The Balaban J connectivity index is 0.00000242. The predicted molar refractivity (Wildman–Crippen MR) is 99.5 cm³/mol. The van der Waals surface area contributed by atoms with Gasteiger partial charge in [0.05, 0.1) is 6.54 Å². The quantitative estimate of drug-likeness (QED) is 0.456. The average Bonchev–Trinajstić information content (AvgIpc) is 2.88. The van der Waals surface area contributed by atoms with Gasteiger partial charge in [-0.05, 0) is 11.6 Å². The lowest BCUT2D eigenvalue weighted by molar-refractivity contribution is 0.474. The molecule has 0 fully saturated rings. The highest BCUT2D eigenvalue weighted by Crippen LogP contribution is 2.16. The van der Waals surface area contributed by atoms with Gasteiger partial charge < -0.3 is 14.8 Å².